The number of Topliss-reactive ketones (excluding diaryl/α,β-unsaturated/α-hetero) is 1. The summed E-state index contributed by atoms with van der Waals surface area (Å²) in [6.45, 7) is 1.06. The highest BCUT2D eigenvalue weighted by Crippen LogP contribution is 2.38. The lowest BCUT2D eigenvalue weighted by Gasteiger charge is -2.35. The Labute approximate surface area is 126 Å². The van der Waals surface area contributed by atoms with Gasteiger partial charge in [-0.25, -0.2) is 0 Å². The maximum absolute atomic E-state index is 12.6. The quantitative estimate of drug-likeness (QED) is 0.840. The monoisotopic (exact) mass is 314 g/mol. The molecule has 3 nitrogen and oxygen atoms in total. The Hall–Kier alpha value is -1.40. The van der Waals surface area contributed by atoms with E-state index in [0.717, 1.165) is 17.7 Å². The molecule has 0 amide bonds. The van der Waals surface area contributed by atoms with Crippen LogP contribution in [0.15, 0.2) is 24.3 Å². The van der Waals surface area contributed by atoms with Gasteiger partial charge in [-0.2, -0.15) is 13.2 Å². The molecule has 3 rings (SSSR count). The summed E-state index contributed by atoms with van der Waals surface area (Å²) in [4.78, 5) is 12.1. The van der Waals surface area contributed by atoms with Crippen LogP contribution in [0.1, 0.15) is 30.4 Å². The number of carbonyl (C=O) groups excluding carboxylic acids is 1. The van der Waals surface area contributed by atoms with E-state index in [1.54, 1.807) is 0 Å². The van der Waals surface area contributed by atoms with Gasteiger partial charge in [0.2, 0.25) is 0 Å². The van der Waals surface area contributed by atoms with Crippen molar-refractivity contribution in [3.8, 4) is 0 Å². The maximum Gasteiger partial charge on any atom is 0.416 e. The van der Waals surface area contributed by atoms with Crippen LogP contribution >= 0.6 is 0 Å². The Morgan fingerprint density at radius 3 is 2.36 bits per heavy atom. The number of rotatable bonds is 2. The highest BCUT2D eigenvalue weighted by Gasteiger charge is 2.44. The zero-order valence-electron chi connectivity index (χ0n) is 12.0. The Balaban J connectivity index is 1.70. The van der Waals surface area contributed by atoms with Crippen molar-refractivity contribution >= 4 is 5.78 Å². The number of carbonyl (C=O) groups is 1. The molecule has 0 bridgehead atoms. The first kappa shape index (κ1) is 15.5. The first-order chi connectivity index (χ1) is 10.4. The molecular weight excluding hydrogens is 297 g/mol. The summed E-state index contributed by atoms with van der Waals surface area (Å²) in [5.74, 6) is -0.794. The highest BCUT2D eigenvalue weighted by atomic mass is 19.4. The van der Waals surface area contributed by atoms with E-state index in [4.69, 9.17) is 9.47 Å². The molecule has 1 aliphatic heterocycles. The highest BCUT2D eigenvalue weighted by molar-refractivity contribution is 5.82. The molecule has 1 aromatic carbocycles. The summed E-state index contributed by atoms with van der Waals surface area (Å²) in [5.41, 5.74) is 0.0477. The predicted molar refractivity (Wildman–Crippen MR) is 72.1 cm³/mol. The van der Waals surface area contributed by atoms with Crippen molar-refractivity contribution in [1.82, 2.24) is 0 Å². The van der Waals surface area contributed by atoms with Crippen molar-refractivity contribution in [2.75, 3.05) is 13.2 Å². The Morgan fingerprint density at radius 2 is 1.77 bits per heavy atom. The molecule has 0 N–H and O–H groups in total. The lowest BCUT2D eigenvalue weighted by Crippen LogP contribution is -2.41. The van der Waals surface area contributed by atoms with Gasteiger partial charge in [-0.1, -0.05) is 12.1 Å². The molecule has 0 aromatic heterocycles. The van der Waals surface area contributed by atoms with Crippen LogP contribution in [0.5, 0.6) is 0 Å². The lowest BCUT2D eigenvalue weighted by molar-refractivity contribution is -0.189. The van der Waals surface area contributed by atoms with Crippen molar-refractivity contribution in [1.29, 1.82) is 0 Å². The van der Waals surface area contributed by atoms with Gasteiger partial charge in [0.15, 0.2) is 5.79 Å². The van der Waals surface area contributed by atoms with Gasteiger partial charge in [-0.15, -0.1) is 0 Å². The Bertz CT molecular complexity index is 545. The van der Waals surface area contributed by atoms with E-state index in [9.17, 15) is 18.0 Å². The van der Waals surface area contributed by atoms with Crippen LogP contribution in [0.3, 0.4) is 0 Å². The Morgan fingerprint density at radius 1 is 1.14 bits per heavy atom. The van der Waals surface area contributed by atoms with Crippen molar-refractivity contribution in [2.45, 2.75) is 37.6 Å². The third-order valence-corrected chi connectivity index (χ3v) is 4.34. The number of ether oxygens (including phenoxy) is 2. The molecule has 1 heterocycles. The molecule has 1 aliphatic carbocycles. The third kappa shape index (κ3) is 3.17. The molecule has 1 unspecified atom stereocenters. The number of alkyl halides is 3. The molecule has 1 saturated heterocycles. The normalized spacial score (nSPS) is 24.9. The minimum absolute atomic E-state index is 0.129. The predicted octanol–water partition coefficient (Wildman–Crippen LogP) is 3.36. The summed E-state index contributed by atoms with van der Waals surface area (Å²) in [5, 5.41) is 0. The summed E-state index contributed by atoms with van der Waals surface area (Å²) in [6, 6.07) is 4.99. The molecule has 1 atom stereocenters. The van der Waals surface area contributed by atoms with Gasteiger partial charge in [-0.3, -0.25) is 4.79 Å². The van der Waals surface area contributed by atoms with Gasteiger partial charge in [0.25, 0.3) is 0 Å². The average Bonchev–Trinajstić information content (AvgIpc) is 2.91. The molecule has 6 heteroatoms. The third-order valence-electron chi connectivity index (χ3n) is 4.34. The fraction of sp³-hybridized carbons (Fsp3) is 0.562. The fourth-order valence-electron chi connectivity index (χ4n) is 3.17. The van der Waals surface area contributed by atoms with Crippen molar-refractivity contribution in [2.24, 2.45) is 5.92 Å². The van der Waals surface area contributed by atoms with Crippen LogP contribution in [-0.4, -0.2) is 24.8 Å². The van der Waals surface area contributed by atoms with E-state index in [1.165, 1.54) is 12.1 Å². The van der Waals surface area contributed by atoms with E-state index in [2.05, 4.69) is 0 Å². The molecular formula is C16H17F3O3. The number of hydrogen-bond donors (Lipinski definition) is 0. The fourth-order valence-corrected chi connectivity index (χ4v) is 3.17. The van der Waals surface area contributed by atoms with Crippen LogP contribution in [0.2, 0.25) is 0 Å². The summed E-state index contributed by atoms with van der Waals surface area (Å²) < 4.78 is 48.9. The second-order valence-corrected chi connectivity index (χ2v) is 5.87. The molecule has 1 aromatic rings. The SMILES string of the molecule is O=C1CCC2(CC1Cc1ccc(C(F)(F)F)cc1)OCCO2. The van der Waals surface area contributed by atoms with Crippen molar-refractivity contribution < 1.29 is 27.4 Å². The molecule has 2 fully saturated rings. The average molecular weight is 314 g/mol. The molecule has 120 valence electrons. The van der Waals surface area contributed by atoms with E-state index in [1.807, 2.05) is 0 Å². The first-order valence-corrected chi connectivity index (χ1v) is 7.35. The minimum Gasteiger partial charge on any atom is -0.347 e. The van der Waals surface area contributed by atoms with Crippen LogP contribution < -0.4 is 0 Å². The second-order valence-electron chi connectivity index (χ2n) is 5.87. The Kier molecular flexibility index (Phi) is 3.99. The van der Waals surface area contributed by atoms with Gasteiger partial charge in [-0.05, 0) is 24.1 Å². The molecule has 1 saturated carbocycles. The topological polar surface area (TPSA) is 35.5 Å². The van der Waals surface area contributed by atoms with Gasteiger partial charge in [0.05, 0.1) is 18.8 Å². The van der Waals surface area contributed by atoms with E-state index < -0.39 is 17.5 Å². The maximum atomic E-state index is 12.6. The zero-order valence-corrected chi connectivity index (χ0v) is 12.0. The summed E-state index contributed by atoms with van der Waals surface area (Å²) >= 11 is 0. The number of hydrogen-bond acceptors (Lipinski definition) is 3. The van der Waals surface area contributed by atoms with Crippen LogP contribution in [0, 0.1) is 5.92 Å². The molecule has 0 radical (unpaired) electrons. The number of ketones is 1. The number of halogens is 3. The van der Waals surface area contributed by atoms with Gasteiger partial charge in [0, 0.05) is 25.2 Å². The lowest BCUT2D eigenvalue weighted by atomic mass is 9.80. The standard InChI is InChI=1S/C16H17F3O3/c17-16(18,19)13-3-1-11(2-4-13)9-12-10-15(6-5-14(12)20)21-7-8-22-15/h1-4,12H,5-10H2. The van der Waals surface area contributed by atoms with Crippen molar-refractivity contribution in [3.05, 3.63) is 35.4 Å². The zero-order chi connectivity index (χ0) is 15.8. The summed E-state index contributed by atoms with van der Waals surface area (Å²) in [7, 11) is 0. The summed E-state index contributed by atoms with van der Waals surface area (Å²) in [6.07, 6.45) is -2.48. The number of benzene rings is 1. The molecule has 22 heavy (non-hydrogen) atoms. The van der Waals surface area contributed by atoms with Gasteiger partial charge < -0.3 is 9.47 Å². The second kappa shape index (κ2) is 5.66. The smallest absolute Gasteiger partial charge is 0.347 e. The van der Waals surface area contributed by atoms with E-state index >= 15 is 0 Å². The van der Waals surface area contributed by atoms with E-state index in [-0.39, 0.29) is 11.7 Å². The van der Waals surface area contributed by atoms with Crippen molar-refractivity contribution in [3.63, 3.8) is 0 Å². The van der Waals surface area contributed by atoms with Crippen LogP contribution in [-0.2, 0) is 26.9 Å². The van der Waals surface area contributed by atoms with Gasteiger partial charge >= 0.3 is 6.18 Å². The first-order valence-electron chi connectivity index (χ1n) is 7.35. The van der Waals surface area contributed by atoms with Gasteiger partial charge in [0.1, 0.15) is 5.78 Å². The largest absolute Gasteiger partial charge is 0.416 e. The van der Waals surface area contributed by atoms with E-state index in [0.29, 0.717) is 38.9 Å². The molecule has 2 aliphatic rings. The van der Waals surface area contributed by atoms with Crippen LogP contribution in [0.4, 0.5) is 13.2 Å². The minimum atomic E-state index is -4.34. The van der Waals surface area contributed by atoms with Crippen LogP contribution in [0.25, 0.3) is 0 Å². The molecule has 1 spiro atoms.